The van der Waals surface area contributed by atoms with Crippen LogP contribution in [0.4, 0.5) is 0 Å². The van der Waals surface area contributed by atoms with Crippen LogP contribution in [-0.2, 0) is 4.79 Å². The summed E-state index contributed by atoms with van der Waals surface area (Å²) in [6, 6.07) is 0. The van der Waals surface area contributed by atoms with Gasteiger partial charge < -0.3 is 5.11 Å². The van der Waals surface area contributed by atoms with Crippen molar-refractivity contribution in [1.82, 2.24) is 5.32 Å². The fraction of sp³-hybridized carbons (Fsp3) is 0.600. The second kappa shape index (κ2) is 2.59. The van der Waals surface area contributed by atoms with Gasteiger partial charge in [-0.1, -0.05) is 0 Å². The Hall–Kier alpha value is -0.900. The number of hydrogen-bond acceptors (Lipinski definition) is 3. The van der Waals surface area contributed by atoms with Crippen LogP contribution in [0.1, 0.15) is 0 Å². The first-order valence-electron chi connectivity index (χ1n) is 2.74. The van der Waals surface area contributed by atoms with Gasteiger partial charge in [0, 0.05) is 12.8 Å². The van der Waals surface area contributed by atoms with Gasteiger partial charge in [0.15, 0.2) is 0 Å². The van der Waals surface area contributed by atoms with Gasteiger partial charge in [0.05, 0.1) is 6.67 Å². The van der Waals surface area contributed by atoms with E-state index >= 15 is 0 Å². The van der Waals surface area contributed by atoms with Crippen LogP contribution >= 0.6 is 0 Å². The van der Waals surface area contributed by atoms with Crippen molar-refractivity contribution in [2.75, 3.05) is 13.2 Å². The zero-order valence-electron chi connectivity index (χ0n) is 4.87. The van der Waals surface area contributed by atoms with Gasteiger partial charge in [0.25, 0.3) is 0 Å². The van der Waals surface area contributed by atoms with Crippen LogP contribution in [0, 0.1) is 5.92 Å². The molecule has 1 rings (SSSR count). The van der Waals surface area contributed by atoms with Crippen LogP contribution in [0.5, 0.6) is 0 Å². The second-order valence-corrected chi connectivity index (χ2v) is 1.89. The Morgan fingerprint density at radius 3 is 3.00 bits per heavy atom. The lowest BCUT2D eigenvalue weighted by molar-refractivity contribution is -0.139. The molecule has 9 heavy (non-hydrogen) atoms. The van der Waals surface area contributed by atoms with Gasteiger partial charge in [-0.25, -0.2) is 0 Å². The maximum absolute atomic E-state index is 10.2. The Labute approximate surface area is 52.6 Å². The van der Waals surface area contributed by atoms with E-state index in [2.05, 4.69) is 10.3 Å². The number of carbonyl (C=O) groups is 1. The molecule has 0 fully saturated rings. The summed E-state index contributed by atoms with van der Waals surface area (Å²) in [6.45, 7) is 1.04. The highest BCUT2D eigenvalue weighted by atomic mass is 16.4. The molecule has 4 nitrogen and oxygen atoms in total. The van der Waals surface area contributed by atoms with Crippen LogP contribution in [0.2, 0.25) is 0 Å². The molecule has 0 aromatic heterocycles. The molecule has 50 valence electrons. The highest BCUT2D eigenvalue weighted by Gasteiger charge is 2.15. The van der Waals surface area contributed by atoms with Crippen molar-refractivity contribution in [2.45, 2.75) is 0 Å². The molecule has 0 radical (unpaired) electrons. The third-order valence-electron chi connectivity index (χ3n) is 1.17. The quantitative estimate of drug-likeness (QED) is 0.491. The maximum atomic E-state index is 10.2. The molecule has 2 N–H and O–H groups in total. The van der Waals surface area contributed by atoms with Crippen LogP contribution in [0.25, 0.3) is 0 Å². The molecule has 0 saturated heterocycles. The third kappa shape index (κ3) is 1.50. The summed E-state index contributed by atoms with van der Waals surface area (Å²) in [5.74, 6) is -1.25. The SMILES string of the molecule is O=C(O)C1C=NCNC1. The Bertz CT molecular complexity index is 144. The van der Waals surface area contributed by atoms with Gasteiger partial charge in [0.2, 0.25) is 0 Å². The summed E-state index contributed by atoms with van der Waals surface area (Å²) in [5, 5.41) is 11.2. The molecular weight excluding hydrogens is 120 g/mol. The summed E-state index contributed by atoms with van der Waals surface area (Å²) < 4.78 is 0. The first-order chi connectivity index (χ1) is 4.30. The van der Waals surface area contributed by atoms with E-state index in [9.17, 15) is 4.79 Å². The van der Waals surface area contributed by atoms with E-state index in [1.807, 2.05) is 0 Å². The summed E-state index contributed by atoms with van der Waals surface area (Å²) >= 11 is 0. The molecule has 1 unspecified atom stereocenters. The van der Waals surface area contributed by atoms with Gasteiger partial charge in [-0.2, -0.15) is 0 Å². The zero-order chi connectivity index (χ0) is 6.69. The van der Waals surface area contributed by atoms with Gasteiger partial charge in [-0.3, -0.25) is 15.1 Å². The van der Waals surface area contributed by atoms with Crippen molar-refractivity contribution >= 4 is 12.2 Å². The van der Waals surface area contributed by atoms with Crippen molar-refractivity contribution in [2.24, 2.45) is 10.9 Å². The molecule has 0 aromatic rings. The highest BCUT2D eigenvalue weighted by molar-refractivity contribution is 5.89. The number of hydrogen-bond donors (Lipinski definition) is 2. The first-order valence-corrected chi connectivity index (χ1v) is 2.74. The van der Waals surface area contributed by atoms with Crippen molar-refractivity contribution < 1.29 is 9.90 Å². The van der Waals surface area contributed by atoms with E-state index in [4.69, 9.17) is 5.11 Å². The maximum Gasteiger partial charge on any atom is 0.313 e. The molecule has 0 aromatic carbocycles. The van der Waals surface area contributed by atoms with E-state index in [-0.39, 0.29) is 0 Å². The Morgan fingerprint density at radius 1 is 1.89 bits per heavy atom. The predicted molar refractivity (Wildman–Crippen MR) is 32.5 cm³/mol. The van der Waals surface area contributed by atoms with Gasteiger partial charge >= 0.3 is 5.97 Å². The summed E-state index contributed by atoms with van der Waals surface area (Å²) in [6.07, 6.45) is 1.47. The zero-order valence-corrected chi connectivity index (χ0v) is 4.87. The average molecular weight is 128 g/mol. The largest absolute Gasteiger partial charge is 0.481 e. The number of nitrogens with one attached hydrogen (secondary N) is 1. The van der Waals surface area contributed by atoms with E-state index in [0.717, 1.165) is 0 Å². The van der Waals surface area contributed by atoms with Crippen LogP contribution in [-0.4, -0.2) is 30.5 Å². The molecule has 0 aliphatic carbocycles. The number of nitrogens with zero attached hydrogens (tertiary/aromatic N) is 1. The Kier molecular flexibility index (Phi) is 1.79. The molecule has 1 atom stereocenters. The first kappa shape index (κ1) is 6.22. The van der Waals surface area contributed by atoms with Crippen LogP contribution in [0.3, 0.4) is 0 Å². The van der Waals surface area contributed by atoms with E-state index in [0.29, 0.717) is 13.2 Å². The average Bonchev–Trinajstić information content (AvgIpc) is 1.90. The Morgan fingerprint density at radius 2 is 2.67 bits per heavy atom. The predicted octanol–water partition coefficient (Wildman–Crippen LogP) is -0.681. The van der Waals surface area contributed by atoms with E-state index in [1.165, 1.54) is 6.21 Å². The summed E-state index contributed by atoms with van der Waals surface area (Å²) in [5.41, 5.74) is 0. The lowest BCUT2D eigenvalue weighted by Gasteiger charge is -2.11. The van der Waals surface area contributed by atoms with E-state index in [1.54, 1.807) is 0 Å². The number of aliphatic carboxylic acids is 1. The monoisotopic (exact) mass is 128 g/mol. The molecular formula is C5H8N2O2. The fourth-order valence-electron chi connectivity index (χ4n) is 0.668. The summed E-state index contributed by atoms with van der Waals surface area (Å²) in [7, 11) is 0. The van der Waals surface area contributed by atoms with Crippen molar-refractivity contribution in [3.05, 3.63) is 0 Å². The fourth-order valence-corrected chi connectivity index (χ4v) is 0.668. The molecule has 1 heterocycles. The van der Waals surface area contributed by atoms with Crippen LogP contribution in [0.15, 0.2) is 4.99 Å². The minimum atomic E-state index is -0.814. The molecule has 0 bridgehead atoms. The number of rotatable bonds is 1. The smallest absolute Gasteiger partial charge is 0.313 e. The lowest BCUT2D eigenvalue weighted by Crippen LogP contribution is -2.33. The van der Waals surface area contributed by atoms with Gasteiger partial charge in [-0.15, -0.1) is 0 Å². The number of carboxylic acid groups (broad SMARTS) is 1. The molecule has 0 amide bonds. The molecule has 0 saturated carbocycles. The third-order valence-corrected chi connectivity index (χ3v) is 1.17. The molecule has 1 aliphatic heterocycles. The van der Waals surface area contributed by atoms with Crippen LogP contribution < -0.4 is 5.32 Å². The standard InChI is InChI=1S/C5H8N2O2/c8-5(9)4-1-6-3-7-2-4/h1,4,7H,2-3H2,(H,8,9). The minimum Gasteiger partial charge on any atom is -0.481 e. The van der Waals surface area contributed by atoms with Gasteiger partial charge in [0.1, 0.15) is 5.92 Å². The number of carboxylic acids is 1. The van der Waals surface area contributed by atoms with Crippen molar-refractivity contribution in [3.63, 3.8) is 0 Å². The molecule has 4 heteroatoms. The summed E-state index contributed by atoms with van der Waals surface area (Å²) in [4.78, 5) is 14.0. The van der Waals surface area contributed by atoms with Crippen molar-refractivity contribution in [3.8, 4) is 0 Å². The van der Waals surface area contributed by atoms with Gasteiger partial charge in [-0.05, 0) is 0 Å². The minimum absolute atomic E-state index is 0.432. The second-order valence-electron chi connectivity index (χ2n) is 1.89. The lowest BCUT2D eigenvalue weighted by atomic mass is 10.1. The van der Waals surface area contributed by atoms with Crippen molar-refractivity contribution in [1.29, 1.82) is 0 Å². The number of aliphatic imine (C=N–C) groups is 1. The molecule has 1 aliphatic rings. The molecule has 0 spiro atoms. The Balaban J connectivity index is 2.50. The normalized spacial score (nSPS) is 26.0. The highest BCUT2D eigenvalue weighted by Crippen LogP contribution is 1.93. The topological polar surface area (TPSA) is 61.7 Å². The van der Waals surface area contributed by atoms with E-state index < -0.39 is 11.9 Å².